The Morgan fingerprint density at radius 2 is 1.70 bits per heavy atom. The Hall–Kier alpha value is -1.44. The van der Waals surface area contributed by atoms with Crippen molar-refractivity contribution in [2.24, 2.45) is 0 Å². The molecule has 1 aromatic rings. The molecule has 2 heteroatoms. The zero-order valence-corrected chi connectivity index (χ0v) is 13.0. The summed E-state index contributed by atoms with van der Waals surface area (Å²) in [7, 11) is 0. The summed E-state index contributed by atoms with van der Waals surface area (Å²) in [6.45, 7) is 9.41. The molecule has 112 valence electrons. The highest BCUT2D eigenvalue weighted by atomic mass is 16.5. The molecule has 0 N–H and O–H groups in total. The Balaban J connectivity index is 2.36. The second-order valence-corrected chi connectivity index (χ2v) is 4.96. The van der Waals surface area contributed by atoms with Gasteiger partial charge in [0.2, 0.25) is 0 Å². The van der Waals surface area contributed by atoms with Gasteiger partial charge in [-0.2, -0.15) is 0 Å². The Bertz CT molecular complexity index is 385. The summed E-state index contributed by atoms with van der Waals surface area (Å²) in [5, 5.41) is 0. The quantitative estimate of drug-likeness (QED) is 0.499. The van der Waals surface area contributed by atoms with Gasteiger partial charge in [0, 0.05) is 0 Å². The molecule has 1 aromatic carbocycles. The van der Waals surface area contributed by atoms with Crippen molar-refractivity contribution in [2.45, 2.75) is 52.4 Å². The van der Waals surface area contributed by atoms with Crippen molar-refractivity contribution in [3.05, 3.63) is 30.3 Å². The molecule has 0 unspecified atom stereocenters. The van der Waals surface area contributed by atoms with Crippen molar-refractivity contribution < 1.29 is 9.47 Å². The van der Waals surface area contributed by atoms with Gasteiger partial charge >= 0.3 is 0 Å². The molecule has 0 aliphatic rings. The first-order valence-corrected chi connectivity index (χ1v) is 7.83. The van der Waals surface area contributed by atoms with Crippen LogP contribution in [0.4, 0.5) is 0 Å². The zero-order chi connectivity index (χ0) is 14.6. The predicted octanol–water partition coefficient (Wildman–Crippen LogP) is 5.47. The maximum atomic E-state index is 5.84. The fraction of sp³-hybridized carbons (Fsp3) is 0.556. The molecular weight excluding hydrogens is 248 g/mol. The molecular formula is C18H28O2. The van der Waals surface area contributed by atoms with Gasteiger partial charge in [-0.15, -0.1) is 0 Å². The minimum absolute atomic E-state index is 0.647. The summed E-state index contributed by atoms with van der Waals surface area (Å²) in [5.74, 6) is 1.65. The third-order valence-corrected chi connectivity index (χ3v) is 3.26. The second-order valence-electron chi connectivity index (χ2n) is 4.96. The molecule has 1 rings (SSSR count). The molecule has 0 aliphatic carbocycles. The van der Waals surface area contributed by atoms with Crippen LogP contribution in [0.5, 0.6) is 11.5 Å². The topological polar surface area (TPSA) is 18.5 Å². The van der Waals surface area contributed by atoms with E-state index in [1.807, 2.05) is 31.2 Å². The third-order valence-electron chi connectivity index (χ3n) is 3.26. The summed E-state index contributed by atoms with van der Waals surface area (Å²) in [6.07, 6.45) is 9.47. The number of hydrogen-bond donors (Lipinski definition) is 0. The molecule has 2 nitrogen and oxygen atoms in total. The zero-order valence-electron chi connectivity index (χ0n) is 13.0. The summed E-state index contributed by atoms with van der Waals surface area (Å²) in [4.78, 5) is 0. The molecule has 0 aliphatic heterocycles. The molecule has 0 bridgehead atoms. The van der Waals surface area contributed by atoms with Gasteiger partial charge in [-0.1, -0.05) is 57.7 Å². The fourth-order valence-electron chi connectivity index (χ4n) is 2.10. The monoisotopic (exact) mass is 276 g/mol. The van der Waals surface area contributed by atoms with E-state index >= 15 is 0 Å². The average molecular weight is 276 g/mol. The van der Waals surface area contributed by atoms with Crippen LogP contribution in [0.15, 0.2) is 24.8 Å². The lowest BCUT2D eigenvalue weighted by Crippen LogP contribution is -2.01. The van der Waals surface area contributed by atoms with Gasteiger partial charge < -0.3 is 9.47 Å². The minimum atomic E-state index is 0.647. The van der Waals surface area contributed by atoms with Crippen LogP contribution in [0.3, 0.4) is 0 Å². The normalized spacial score (nSPS) is 10.3. The van der Waals surface area contributed by atoms with Gasteiger partial charge in [0.15, 0.2) is 11.5 Å². The number of benzene rings is 1. The van der Waals surface area contributed by atoms with Gasteiger partial charge in [0.25, 0.3) is 0 Å². The molecule has 0 saturated carbocycles. The van der Waals surface area contributed by atoms with E-state index in [0.29, 0.717) is 6.61 Å². The maximum Gasteiger partial charge on any atom is 0.161 e. The highest BCUT2D eigenvalue weighted by Gasteiger charge is 2.05. The molecule has 0 heterocycles. The van der Waals surface area contributed by atoms with Crippen LogP contribution in [0, 0.1) is 0 Å². The van der Waals surface area contributed by atoms with E-state index < -0.39 is 0 Å². The van der Waals surface area contributed by atoms with Crippen LogP contribution < -0.4 is 9.47 Å². The van der Waals surface area contributed by atoms with E-state index in [1.165, 1.54) is 32.1 Å². The van der Waals surface area contributed by atoms with Crippen molar-refractivity contribution in [1.29, 1.82) is 0 Å². The average Bonchev–Trinajstić information content (AvgIpc) is 2.47. The smallest absolute Gasteiger partial charge is 0.161 e. The maximum absolute atomic E-state index is 5.84. The number of rotatable bonds is 11. The van der Waals surface area contributed by atoms with E-state index in [1.54, 1.807) is 0 Å². The minimum Gasteiger partial charge on any atom is -0.490 e. The Labute approximate surface area is 123 Å². The predicted molar refractivity (Wildman–Crippen MR) is 86.6 cm³/mol. The Morgan fingerprint density at radius 1 is 0.950 bits per heavy atom. The van der Waals surface area contributed by atoms with E-state index in [9.17, 15) is 0 Å². The summed E-state index contributed by atoms with van der Waals surface area (Å²) < 4.78 is 11.5. The van der Waals surface area contributed by atoms with Gasteiger partial charge in [-0.3, -0.25) is 0 Å². The molecule has 0 atom stereocenters. The molecule has 0 radical (unpaired) electrons. The van der Waals surface area contributed by atoms with Gasteiger partial charge in [-0.25, -0.2) is 0 Å². The van der Waals surface area contributed by atoms with Crippen LogP contribution in [0.2, 0.25) is 0 Å². The number of unbranched alkanes of at least 4 members (excludes halogenated alkanes) is 5. The van der Waals surface area contributed by atoms with Crippen LogP contribution in [0.1, 0.15) is 57.9 Å². The van der Waals surface area contributed by atoms with Crippen LogP contribution in [-0.2, 0) is 0 Å². The number of hydrogen-bond acceptors (Lipinski definition) is 2. The first kappa shape index (κ1) is 16.6. The fourth-order valence-corrected chi connectivity index (χ4v) is 2.10. The van der Waals surface area contributed by atoms with Crippen molar-refractivity contribution >= 4 is 6.08 Å². The highest BCUT2D eigenvalue weighted by molar-refractivity contribution is 5.54. The molecule has 0 aromatic heterocycles. The second kappa shape index (κ2) is 10.4. The van der Waals surface area contributed by atoms with Crippen LogP contribution in [-0.4, -0.2) is 13.2 Å². The Kier molecular flexibility index (Phi) is 8.61. The van der Waals surface area contributed by atoms with Crippen LogP contribution >= 0.6 is 0 Å². The Morgan fingerprint density at radius 3 is 2.40 bits per heavy atom. The lowest BCUT2D eigenvalue weighted by atomic mass is 10.1. The van der Waals surface area contributed by atoms with Gasteiger partial charge in [-0.05, 0) is 31.0 Å². The summed E-state index contributed by atoms with van der Waals surface area (Å²) in [6, 6.07) is 5.96. The first-order chi connectivity index (χ1) is 9.81. The number of ether oxygens (including phenoxy) is 2. The molecule has 0 fully saturated rings. The molecule has 20 heavy (non-hydrogen) atoms. The molecule has 0 spiro atoms. The SMILES string of the molecule is C=Cc1ccc(OCCCCCCCC)c(OCC)c1. The standard InChI is InChI=1S/C18H28O2/c1-4-7-8-9-10-11-14-20-17-13-12-16(5-2)15-18(17)19-6-3/h5,12-13,15H,2,4,6-11,14H2,1,3H3. The highest BCUT2D eigenvalue weighted by Crippen LogP contribution is 2.29. The van der Waals surface area contributed by atoms with Crippen LogP contribution in [0.25, 0.3) is 6.08 Å². The van der Waals surface area contributed by atoms with Crippen molar-refractivity contribution in [1.82, 2.24) is 0 Å². The molecule has 0 saturated heterocycles. The lowest BCUT2D eigenvalue weighted by molar-refractivity contribution is 0.270. The lowest BCUT2D eigenvalue weighted by Gasteiger charge is -2.12. The third kappa shape index (κ3) is 6.14. The van der Waals surface area contributed by atoms with Gasteiger partial charge in [0.05, 0.1) is 13.2 Å². The first-order valence-electron chi connectivity index (χ1n) is 7.83. The van der Waals surface area contributed by atoms with Crippen molar-refractivity contribution in [3.63, 3.8) is 0 Å². The van der Waals surface area contributed by atoms with Gasteiger partial charge in [0.1, 0.15) is 0 Å². The van der Waals surface area contributed by atoms with Crippen molar-refractivity contribution in [3.8, 4) is 11.5 Å². The molecule has 0 amide bonds. The van der Waals surface area contributed by atoms with Crippen molar-refractivity contribution in [2.75, 3.05) is 13.2 Å². The van der Waals surface area contributed by atoms with E-state index in [4.69, 9.17) is 9.47 Å². The van der Waals surface area contributed by atoms with E-state index in [-0.39, 0.29) is 0 Å². The largest absolute Gasteiger partial charge is 0.490 e. The van der Waals surface area contributed by atoms with E-state index in [2.05, 4.69) is 13.5 Å². The summed E-state index contributed by atoms with van der Waals surface area (Å²) in [5.41, 5.74) is 1.06. The summed E-state index contributed by atoms with van der Waals surface area (Å²) >= 11 is 0. The van der Waals surface area contributed by atoms with E-state index in [0.717, 1.165) is 30.1 Å².